The minimum absolute atomic E-state index is 0.204. The molecular weight excluding hydrogens is 288 g/mol. The molecule has 1 unspecified atom stereocenters. The van der Waals surface area contributed by atoms with Gasteiger partial charge in [0.05, 0.1) is 20.3 Å². The van der Waals surface area contributed by atoms with Gasteiger partial charge in [-0.1, -0.05) is 12.1 Å². The number of carbonyl (C=O) groups excluding carboxylic acids is 2. The van der Waals surface area contributed by atoms with Crippen molar-refractivity contribution in [1.82, 2.24) is 0 Å². The Labute approximate surface area is 129 Å². The van der Waals surface area contributed by atoms with Gasteiger partial charge in [0, 0.05) is 6.08 Å². The van der Waals surface area contributed by atoms with Crippen molar-refractivity contribution >= 4 is 12.1 Å². The lowest BCUT2D eigenvalue weighted by Crippen LogP contribution is -2.12. The monoisotopic (exact) mass is 308 g/mol. The van der Waals surface area contributed by atoms with Crippen LogP contribution in [-0.4, -0.2) is 32.4 Å². The largest absolute Gasteiger partial charge is 0.509 e. The first-order valence-electron chi connectivity index (χ1n) is 6.93. The number of carbonyl (C=O) groups is 2. The first-order valence-corrected chi connectivity index (χ1v) is 6.93. The van der Waals surface area contributed by atoms with Crippen LogP contribution < -0.4 is 4.74 Å². The van der Waals surface area contributed by atoms with Gasteiger partial charge in [0.2, 0.25) is 0 Å². The van der Waals surface area contributed by atoms with Gasteiger partial charge in [0.25, 0.3) is 0 Å². The first-order chi connectivity index (χ1) is 10.6. The highest BCUT2D eigenvalue weighted by atomic mass is 16.7. The number of benzene rings is 1. The van der Waals surface area contributed by atoms with Gasteiger partial charge in [0.1, 0.15) is 11.9 Å². The van der Waals surface area contributed by atoms with Crippen molar-refractivity contribution in [3.05, 3.63) is 42.0 Å². The molecule has 0 fully saturated rings. The molecular formula is C16H20O6. The fourth-order valence-corrected chi connectivity index (χ4v) is 1.62. The molecule has 0 saturated heterocycles. The minimum atomic E-state index is -0.808. The topological polar surface area (TPSA) is 71.1 Å². The van der Waals surface area contributed by atoms with Gasteiger partial charge >= 0.3 is 12.1 Å². The number of hydrogen-bond donors (Lipinski definition) is 0. The molecule has 1 rings (SSSR count). The molecule has 6 nitrogen and oxygen atoms in total. The Morgan fingerprint density at radius 2 is 1.73 bits per heavy atom. The summed E-state index contributed by atoms with van der Waals surface area (Å²) in [5.41, 5.74) is 0.675. The number of methoxy groups -OCH3 is 1. The van der Waals surface area contributed by atoms with Crippen LogP contribution in [0.4, 0.5) is 4.79 Å². The zero-order valence-electron chi connectivity index (χ0n) is 12.9. The van der Waals surface area contributed by atoms with Crippen LogP contribution in [-0.2, 0) is 19.0 Å². The fourth-order valence-electron chi connectivity index (χ4n) is 1.62. The third-order valence-electron chi connectivity index (χ3n) is 2.62. The zero-order chi connectivity index (χ0) is 16.4. The summed E-state index contributed by atoms with van der Waals surface area (Å²) in [6.45, 7) is 3.87. The van der Waals surface area contributed by atoms with Gasteiger partial charge in [-0.25, -0.2) is 9.59 Å². The smallest absolute Gasteiger partial charge is 0.497 e. The second-order valence-corrected chi connectivity index (χ2v) is 4.11. The van der Waals surface area contributed by atoms with Crippen LogP contribution in [0.2, 0.25) is 0 Å². The molecule has 0 heterocycles. The van der Waals surface area contributed by atoms with Crippen LogP contribution in [0.15, 0.2) is 36.4 Å². The standard InChI is InChI=1S/C16H20O6/c1-4-20-15(17)11-10-14(22-16(18)21-5-2)12-6-8-13(19-3)9-7-12/h6-11,14H,4-5H2,1-3H3/b11-10-. The Morgan fingerprint density at radius 1 is 1.09 bits per heavy atom. The molecule has 1 atom stereocenters. The summed E-state index contributed by atoms with van der Waals surface area (Å²) in [4.78, 5) is 22.9. The van der Waals surface area contributed by atoms with Crippen LogP contribution in [0, 0.1) is 0 Å². The van der Waals surface area contributed by atoms with E-state index >= 15 is 0 Å². The molecule has 22 heavy (non-hydrogen) atoms. The molecule has 0 aliphatic heterocycles. The second-order valence-electron chi connectivity index (χ2n) is 4.11. The normalized spacial score (nSPS) is 11.8. The van der Waals surface area contributed by atoms with Crippen molar-refractivity contribution in [3.63, 3.8) is 0 Å². The predicted octanol–water partition coefficient (Wildman–Crippen LogP) is 3.03. The fraction of sp³-hybridized carbons (Fsp3) is 0.375. The van der Waals surface area contributed by atoms with Crippen molar-refractivity contribution in [2.24, 2.45) is 0 Å². The van der Waals surface area contributed by atoms with Gasteiger partial charge in [-0.05, 0) is 37.6 Å². The first kappa shape index (κ1) is 17.6. The molecule has 120 valence electrons. The molecule has 0 amide bonds. The summed E-state index contributed by atoms with van der Waals surface area (Å²) in [5.74, 6) is 0.168. The summed E-state index contributed by atoms with van der Waals surface area (Å²) in [6, 6.07) is 6.93. The molecule has 0 spiro atoms. The van der Waals surface area contributed by atoms with E-state index in [1.807, 2.05) is 0 Å². The highest BCUT2D eigenvalue weighted by Crippen LogP contribution is 2.22. The average Bonchev–Trinajstić information content (AvgIpc) is 2.52. The Balaban J connectivity index is 2.88. The van der Waals surface area contributed by atoms with E-state index in [4.69, 9.17) is 18.9 Å². The van der Waals surface area contributed by atoms with E-state index in [9.17, 15) is 9.59 Å². The van der Waals surface area contributed by atoms with E-state index < -0.39 is 18.2 Å². The van der Waals surface area contributed by atoms with Crippen LogP contribution in [0.25, 0.3) is 0 Å². The number of rotatable bonds is 7. The van der Waals surface area contributed by atoms with E-state index in [1.165, 1.54) is 12.2 Å². The van der Waals surface area contributed by atoms with Crippen LogP contribution in [0.5, 0.6) is 5.75 Å². The van der Waals surface area contributed by atoms with Gasteiger partial charge in [0.15, 0.2) is 0 Å². The van der Waals surface area contributed by atoms with E-state index in [1.54, 1.807) is 45.2 Å². The zero-order valence-corrected chi connectivity index (χ0v) is 12.9. The molecule has 0 radical (unpaired) electrons. The van der Waals surface area contributed by atoms with Crippen molar-refractivity contribution in [1.29, 1.82) is 0 Å². The van der Waals surface area contributed by atoms with Crippen molar-refractivity contribution in [3.8, 4) is 5.75 Å². The van der Waals surface area contributed by atoms with Crippen LogP contribution in [0.1, 0.15) is 25.5 Å². The van der Waals surface area contributed by atoms with Crippen molar-refractivity contribution in [2.45, 2.75) is 20.0 Å². The second kappa shape index (κ2) is 9.44. The lowest BCUT2D eigenvalue weighted by Gasteiger charge is -2.14. The third kappa shape index (κ3) is 5.87. The Bertz CT molecular complexity index is 506. The highest BCUT2D eigenvalue weighted by molar-refractivity contribution is 5.82. The van der Waals surface area contributed by atoms with E-state index in [0.29, 0.717) is 11.3 Å². The quantitative estimate of drug-likeness (QED) is 0.569. The molecule has 6 heteroatoms. The SMILES string of the molecule is CCOC(=O)/C=C\C(OC(=O)OCC)c1ccc(OC)cc1. The minimum Gasteiger partial charge on any atom is -0.497 e. The Morgan fingerprint density at radius 3 is 2.27 bits per heavy atom. The summed E-state index contributed by atoms with van der Waals surface area (Å²) in [7, 11) is 1.56. The highest BCUT2D eigenvalue weighted by Gasteiger charge is 2.15. The molecule has 1 aromatic rings. The Kier molecular flexibility index (Phi) is 7.53. The van der Waals surface area contributed by atoms with E-state index in [2.05, 4.69) is 0 Å². The molecule has 0 aliphatic rings. The Hall–Kier alpha value is -2.50. The van der Waals surface area contributed by atoms with Gasteiger partial charge < -0.3 is 18.9 Å². The van der Waals surface area contributed by atoms with Crippen molar-refractivity contribution < 1.29 is 28.5 Å². The van der Waals surface area contributed by atoms with Gasteiger partial charge in [-0.2, -0.15) is 0 Å². The lowest BCUT2D eigenvalue weighted by atomic mass is 10.1. The van der Waals surface area contributed by atoms with Crippen LogP contribution >= 0.6 is 0 Å². The van der Waals surface area contributed by atoms with E-state index in [0.717, 1.165) is 0 Å². The summed E-state index contributed by atoms with van der Waals surface area (Å²) in [6.07, 6.45) is 1.10. The number of ether oxygens (including phenoxy) is 4. The maximum Gasteiger partial charge on any atom is 0.509 e. The summed E-state index contributed by atoms with van der Waals surface area (Å²) >= 11 is 0. The molecule has 0 aromatic heterocycles. The predicted molar refractivity (Wildman–Crippen MR) is 79.6 cm³/mol. The van der Waals surface area contributed by atoms with Crippen LogP contribution in [0.3, 0.4) is 0 Å². The summed E-state index contributed by atoms with van der Waals surface area (Å²) in [5, 5.41) is 0. The van der Waals surface area contributed by atoms with Gasteiger partial charge in [-0.15, -0.1) is 0 Å². The molecule has 0 saturated carbocycles. The molecule has 0 N–H and O–H groups in total. The maximum atomic E-state index is 11.5. The molecule has 1 aromatic carbocycles. The summed E-state index contributed by atoms with van der Waals surface area (Å²) < 4.78 is 19.8. The maximum absolute atomic E-state index is 11.5. The molecule has 0 bridgehead atoms. The molecule has 0 aliphatic carbocycles. The lowest BCUT2D eigenvalue weighted by molar-refractivity contribution is -0.137. The number of hydrogen-bond acceptors (Lipinski definition) is 6. The number of esters is 1. The van der Waals surface area contributed by atoms with Gasteiger partial charge in [-0.3, -0.25) is 0 Å². The van der Waals surface area contributed by atoms with Crippen molar-refractivity contribution in [2.75, 3.05) is 20.3 Å². The van der Waals surface area contributed by atoms with E-state index in [-0.39, 0.29) is 13.2 Å². The average molecular weight is 308 g/mol. The third-order valence-corrected chi connectivity index (χ3v) is 2.62.